The molecule has 1 unspecified atom stereocenters. The maximum Gasteiger partial charge on any atom is 0.336 e. The monoisotopic (exact) mass is 472 g/mol. The van der Waals surface area contributed by atoms with Gasteiger partial charge in [-0.1, -0.05) is 18.2 Å². The average Bonchev–Trinajstić information content (AvgIpc) is 3.26. The number of H-pyrrole nitrogens is 1. The largest absolute Gasteiger partial charge is 0.496 e. The number of carboxylic acid groups (broad SMARTS) is 1. The number of nitrogens with zero attached hydrogens (tertiary/aromatic N) is 1. The first kappa shape index (κ1) is 23.2. The molecule has 0 saturated carbocycles. The second kappa shape index (κ2) is 9.14. The summed E-state index contributed by atoms with van der Waals surface area (Å²) < 4.78 is 31.5. The van der Waals surface area contributed by atoms with E-state index in [1.54, 1.807) is 31.4 Å². The van der Waals surface area contributed by atoms with E-state index in [0.29, 0.717) is 31.5 Å². The van der Waals surface area contributed by atoms with Crippen LogP contribution in [0.15, 0.2) is 42.6 Å². The molecule has 2 atom stereocenters. The number of ether oxygens (including phenoxy) is 1. The number of aryl methyl sites for hydroxylation is 1. The molecule has 0 spiro atoms. The summed E-state index contributed by atoms with van der Waals surface area (Å²) in [5, 5.41) is 16.0. The normalized spacial score (nSPS) is 19.6. The van der Waals surface area contributed by atoms with Crippen molar-refractivity contribution in [2.75, 3.05) is 13.7 Å². The summed E-state index contributed by atoms with van der Waals surface area (Å²) in [6, 6.07) is 10.1. The molecule has 10 heteroatoms. The van der Waals surface area contributed by atoms with Crippen molar-refractivity contribution in [3.8, 4) is 5.75 Å². The van der Waals surface area contributed by atoms with Crippen molar-refractivity contribution in [1.82, 2.24) is 14.6 Å². The fourth-order valence-corrected chi connectivity index (χ4v) is 5.51. The predicted octanol–water partition coefficient (Wildman–Crippen LogP) is 2.68. The second-order valence-corrected chi connectivity index (χ2v) is 9.73. The first-order valence-electron chi connectivity index (χ1n) is 10.7. The number of aromatic nitrogens is 1. The molecule has 9 nitrogen and oxygen atoms in total. The van der Waals surface area contributed by atoms with Crippen LogP contribution in [-0.4, -0.2) is 49.1 Å². The maximum absolute atomic E-state index is 11.9. The van der Waals surface area contributed by atoms with E-state index in [1.807, 2.05) is 25.3 Å². The molecule has 4 rings (SSSR count). The molecule has 1 aromatic heterocycles. The Bertz CT molecular complexity index is 1290. The van der Waals surface area contributed by atoms with E-state index in [1.165, 1.54) is 0 Å². The van der Waals surface area contributed by atoms with Gasteiger partial charge in [0.05, 0.1) is 12.7 Å². The summed E-state index contributed by atoms with van der Waals surface area (Å²) >= 11 is 0. The zero-order chi connectivity index (χ0) is 23.8. The Morgan fingerprint density at radius 1 is 1.33 bits per heavy atom. The third kappa shape index (κ3) is 4.88. The van der Waals surface area contributed by atoms with Crippen molar-refractivity contribution in [2.45, 2.75) is 38.4 Å². The molecule has 33 heavy (non-hydrogen) atoms. The van der Waals surface area contributed by atoms with Gasteiger partial charge in [-0.25, -0.2) is 9.93 Å². The third-order valence-electron chi connectivity index (χ3n) is 6.29. The van der Waals surface area contributed by atoms with Gasteiger partial charge >= 0.3 is 5.97 Å². The van der Waals surface area contributed by atoms with E-state index in [-0.39, 0.29) is 11.6 Å². The second-order valence-electron chi connectivity index (χ2n) is 8.40. The Labute approximate surface area is 192 Å². The summed E-state index contributed by atoms with van der Waals surface area (Å²) in [6.07, 6.45) is 2.83. The molecule has 2 heterocycles. The number of fused-ring (bicyclic) bond motifs is 1. The molecule has 0 aliphatic carbocycles. The highest BCUT2D eigenvalue weighted by atomic mass is 32.2. The van der Waals surface area contributed by atoms with Crippen LogP contribution in [0.5, 0.6) is 5.75 Å². The molecule has 0 bridgehead atoms. The van der Waals surface area contributed by atoms with E-state index in [4.69, 9.17) is 9.88 Å². The summed E-state index contributed by atoms with van der Waals surface area (Å²) in [6.45, 7) is 3.08. The molecule has 0 radical (unpaired) electrons. The first-order valence-corrected chi connectivity index (χ1v) is 12.2. The Hall–Kier alpha value is -2.92. The van der Waals surface area contributed by atoms with Gasteiger partial charge in [-0.2, -0.15) is 13.1 Å². The number of nitrogens with two attached hydrogens (primary N) is 1. The minimum absolute atomic E-state index is 0.200. The van der Waals surface area contributed by atoms with Crippen molar-refractivity contribution in [2.24, 2.45) is 5.14 Å². The van der Waals surface area contributed by atoms with Crippen molar-refractivity contribution >= 4 is 27.1 Å². The maximum atomic E-state index is 11.9. The van der Waals surface area contributed by atoms with Crippen LogP contribution < -0.4 is 14.6 Å². The predicted molar refractivity (Wildman–Crippen MR) is 125 cm³/mol. The molecular formula is C23H28N4O5S. The Kier molecular flexibility index (Phi) is 6.44. The number of rotatable bonds is 7. The molecule has 5 N–H and O–H groups in total. The van der Waals surface area contributed by atoms with Gasteiger partial charge in [-0.05, 0) is 49.1 Å². The van der Waals surface area contributed by atoms with E-state index >= 15 is 0 Å². The van der Waals surface area contributed by atoms with E-state index in [2.05, 4.69) is 14.6 Å². The lowest BCUT2D eigenvalue weighted by atomic mass is 9.88. The van der Waals surface area contributed by atoms with Crippen LogP contribution in [0.4, 0.5) is 0 Å². The van der Waals surface area contributed by atoms with Crippen molar-refractivity contribution in [3.05, 3.63) is 64.8 Å². The molecule has 1 aliphatic heterocycles. The lowest BCUT2D eigenvalue weighted by Crippen LogP contribution is -2.47. The van der Waals surface area contributed by atoms with Crippen molar-refractivity contribution < 1.29 is 23.1 Å². The Morgan fingerprint density at radius 2 is 2.09 bits per heavy atom. The fourth-order valence-electron chi connectivity index (χ4n) is 4.83. The standard InChI is InChI=1S/C23H28N4O5S/c1-14-11-21(32-2)19(17-7-9-25-22(14)17)13-27-10-8-15(26-33(24,30)31)12-20(27)16-5-3-4-6-18(16)23(28)29/h3-7,9,11,15,20,25-26H,8,10,12-13H2,1-2H3,(H,28,29)(H2,24,30,31)/t15?,20-/m1/s1. The number of methoxy groups -OCH3 is 1. The lowest BCUT2D eigenvalue weighted by Gasteiger charge is -2.40. The average molecular weight is 473 g/mol. The lowest BCUT2D eigenvalue weighted by molar-refractivity contribution is 0.0686. The number of nitrogens with one attached hydrogen (secondary N) is 2. The minimum atomic E-state index is -3.88. The van der Waals surface area contributed by atoms with Gasteiger partial charge in [0.2, 0.25) is 0 Å². The number of piperidine rings is 1. The number of aromatic carboxylic acids is 1. The highest BCUT2D eigenvalue weighted by Crippen LogP contribution is 2.38. The summed E-state index contributed by atoms with van der Waals surface area (Å²) in [5.41, 5.74) is 3.93. The van der Waals surface area contributed by atoms with Crippen LogP contribution in [0.2, 0.25) is 0 Å². The zero-order valence-electron chi connectivity index (χ0n) is 18.5. The van der Waals surface area contributed by atoms with Crippen molar-refractivity contribution in [1.29, 1.82) is 0 Å². The number of aromatic amines is 1. The molecular weight excluding hydrogens is 444 g/mol. The molecule has 1 fully saturated rings. The van der Waals surface area contributed by atoms with Crippen LogP contribution in [-0.2, 0) is 16.8 Å². The SMILES string of the molecule is COc1cc(C)c2[nH]ccc2c1CN1CCC(NS(N)(=O)=O)C[C@@H]1c1ccccc1C(=O)O. The van der Waals surface area contributed by atoms with Gasteiger partial charge in [0, 0.05) is 47.8 Å². The quantitative estimate of drug-likeness (QED) is 0.417. The molecule has 1 aliphatic rings. The van der Waals surface area contributed by atoms with Crippen LogP contribution in [0.1, 0.15) is 45.9 Å². The Morgan fingerprint density at radius 3 is 2.79 bits per heavy atom. The van der Waals surface area contributed by atoms with Gasteiger partial charge in [0.25, 0.3) is 10.2 Å². The highest BCUT2D eigenvalue weighted by molar-refractivity contribution is 7.87. The summed E-state index contributed by atoms with van der Waals surface area (Å²) in [7, 11) is -2.24. The number of likely N-dealkylation sites (tertiary alicyclic amines) is 1. The number of benzene rings is 2. The summed E-state index contributed by atoms with van der Waals surface area (Å²) in [4.78, 5) is 17.4. The number of hydrogen-bond acceptors (Lipinski definition) is 5. The van der Waals surface area contributed by atoms with E-state index in [0.717, 1.165) is 27.8 Å². The zero-order valence-corrected chi connectivity index (χ0v) is 19.4. The van der Waals surface area contributed by atoms with E-state index in [9.17, 15) is 18.3 Å². The van der Waals surface area contributed by atoms with Gasteiger partial charge in [0.15, 0.2) is 0 Å². The first-order chi connectivity index (χ1) is 15.7. The van der Waals surface area contributed by atoms with Crippen LogP contribution in [0, 0.1) is 6.92 Å². The van der Waals surface area contributed by atoms with Gasteiger partial charge in [0.1, 0.15) is 5.75 Å². The third-order valence-corrected chi connectivity index (χ3v) is 6.95. The molecule has 176 valence electrons. The molecule has 1 saturated heterocycles. The fraction of sp³-hybridized carbons (Fsp3) is 0.348. The molecule has 0 amide bonds. The van der Waals surface area contributed by atoms with E-state index < -0.39 is 22.2 Å². The van der Waals surface area contributed by atoms with Crippen LogP contribution >= 0.6 is 0 Å². The highest BCUT2D eigenvalue weighted by Gasteiger charge is 2.34. The van der Waals surface area contributed by atoms with Gasteiger partial charge in [-0.15, -0.1) is 0 Å². The number of hydrogen-bond donors (Lipinski definition) is 4. The molecule has 3 aromatic rings. The minimum Gasteiger partial charge on any atom is -0.496 e. The number of carbonyl (C=O) groups is 1. The summed E-state index contributed by atoms with van der Waals surface area (Å²) in [5.74, 6) is -0.261. The smallest absolute Gasteiger partial charge is 0.336 e. The van der Waals surface area contributed by atoms with Crippen LogP contribution in [0.25, 0.3) is 10.9 Å². The number of carboxylic acids is 1. The van der Waals surface area contributed by atoms with Crippen LogP contribution in [0.3, 0.4) is 0 Å². The van der Waals surface area contributed by atoms with Crippen molar-refractivity contribution in [3.63, 3.8) is 0 Å². The van der Waals surface area contributed by atoms with Gasteiger partial charge < -0.3 is 14.8 Å². The van der Waals surface area contributed by atoms with Gasteiger partial charge in [-0.3, -0.25) is 4.90 Å². The topological polar surface area (TPSA) is 138 Å². The molecule has 2 aromatic carbocycles. The Balaban J connectivity index is 1.76.